The molecule has 0 unspecified atom stereocenters. The molecule has 0 amide bonds. The molecule has 0 saturated carbocycles. The maximum absolute atomic E-state index is 12.3. The average molecular weight is 221 g/mol. The Balaban J connectivity index is 3.39. The van der Waals surface area contributed by atoms with E-state index in [0.29, 0.717) is 0 Å². The average Bonchev–Trinajstić information content (AvgIpc) is 2.01. The van der Waals surface area contributed by atoms with Crippen molar-refractivity contribution in [2.45, 2.75) is 24.9 Å². The van der Waals surface area contributed by atoms with E-state index in [2.05, 4.69) is 5.32 Å². The lowest BCUT2D eigenvalue weighted by Gasteiger charge is -2.14. The van der Waals surface area contributed by atoms with Gasteiger partial charge in [-0.2, -0.15) is 13.2 Å². The minimum Gasteiger partial charge on any atom is -0.390 e. The third-order valence-electron chi connectivity index (χ3n) is 1.43. The summed E-state index contributed by atoms with van der Waals surface area (Å²) in [5.74, 6) is -3.27. The van der Waals surface area contributed by atoms with Crippen LogP contribution in [-0.4, -0.2) is 36.9 Å². The second kappa shape index (κ2) is 5.45. The first-order chi connectivity index (χ1) is 6.27. The van der Waals surface area contributed by atoms with Gasteiger partial charge in [-0.15, -0.1) is 0 Å². The van der Waals surface area contributed by atoms with Gasteiger partial charge in [-0.05, 0) is 13.0 Å². The normalized spacial score (nSPS) is 13.3. The van der Waals surface area contributed by atoms with Crippen molar-refractivity contribution in [2.75, 3.05) is 19.7 Å². The number of rotatable bonds is 6. The molecule has 7 heteroatoms. The largest absolute Gasteiger partial charge is 0.390 e. The van der Waals surface area contributed by atoms with Crippen molar-refractivity contribution in [1.82, 2.24) is 5.32 Å². The van der Waals surface area contributed by atoms with Gasteiger partial charge in [0.2, 0.25) is 0 Å². The first-order valence-electron chi connectivity index (χ1n) is 4.03. The molecule has 0 aromatic rings. The number of hydrogen-bond acceptors (Lipinski definition) is 2. The van der Waals surface area contributed by atoms with Crippen molar-refractivity contribution in [2.24, 2.45) is 0 Å². The zero-order valence-electron chi connectivity index (χ0n) is 7.37. The van der Waals surface area contributed by atoms with Crippen molar-refractivity contribution in [3.63, 3.8) is 0 Å². The van der Waals surface area contributed by atoms with E-state index in [-0.39, 0.29) is 13.0 Å². The van der Waals surface area contributed by atoms with Gasteiger partial charge in [-0.3, -0.25) is 0 Å². The van der Waals surface area contributed by atoms with Crippen LogP contribution in [-0.2, 0) is 0 Å². The SMILES string of the molecule is OCC(F)(F)CNCCCC(F)(F)F. The summed E-state index contributed by atoms with van der Waals surface area (Å²) in [6, 6.07) is 0. The van der Waals surface area contributed by atoms with Crippen LogP contribution in [0, 0.1) is 0 Å². The molecule has 0 saturated heterocycles. The zero-order chi connectivity index (χ0) is 11.2. The van der Waals surface area contributed by atoms with E-state index in [0.717, 1.165) is 0 Å². The fraction of sp³-hybridized carbons (Fsp3) is 1.00. The van der Waals surface area contributed by atoms with Crippen LogP contribution in [0.4, 0.5) is 22.0 Å². The van der Waals surface area contributed by atoms with Crippen LogP contribution in [0.15, 0.2) is 0 Å². The summed E-state index contributed by atoms with van der Waals surface area (Å²) in [6.45, 7) is -2.25. The monoisotopic (exact) mass is 221 g/mol. The van der Waals surface area contributed by atoms with Gasteiger partial charge in [0.05, 0.1) is 6.54 Å². The third-order valence-corrected chi connectivity index (χ3v) is 1.43. The van der Waals surface area contributed by atoms with E-state index in [1.165, 1.54) is 0 Å². The summed E-state index contributed by atoms with van der Waals surface area (Å²) in [5, 5.41) is 10.2. The fourth-order valence-electron chi connectivity index (χ4n) is 0.741. The highest BCUT2D eigenvalue weighted by Crippen LogP contribution is 2.20. The number of aliphatic hydroxyl groups excluding tert-OH is 1. The van der Waals surface area contributed by atoms with Gasteiger partial charge in [0.1, 0.15) is 6.61 Å². The van der Waals surface area contributed by atoms with Crippen LogP contribution in [0.2, 0.25) is 0 Å². The lowest BCUT2D eigenvalue weighted by Crippen LogP contribution is -2.36. The van der Waals surface area contributed by atoms with Gasteiger partial charge in [0, 0.05) is 6.42 Å². The molecule has 86 valence electrons. The fourth-order valence-corrected chi connectivity index (χ4v) is 0.741. The van der Waals surface area contributed by atoms with Gasteiger partial charge < -0.3 is 10.4 Å². The molecule has 2 N–H and O–H groups in total. The number of aliphatic hydroxyl groups is 1. The van der Waals surface area contributed by atoms with E-state index in [4.69, 9.17) is 5.11 Å². The van der Waals surface area contributed by atoms with Gasteiger partial charge in [0.25, 0.3) is 5.92 Å². The molecule has 0 fully saturated rings. The number of nitrogens with one attached hydrogen (secondary N) is 1. The lowest BCUT2D eigenvalue weighted by atomic mass is 10.3. The summed E-state index contributed by atoms with van der Waals surface area (Å²) in [4.78, 5) is 0. The van der Waals surface area contributed by atoms with E-state index in [1.54, 1.807) is 0 Å². The van der Waals surface area contributed by atoms with Crippen molar-refractivity contribution < 1.29 is 27.1 Å². The zero-order valence-corrected chi connectivity index (χ0v) is 7.37. The van der Waals surface area contributed by atoms with Crippen LogP contribution in [0.25, 0.3) is 0 Å². The Hall–Kier alpha value is -0.430. The molecule has 2 nitrogen and oxygen atoms in total. The van der Waals surface area contributed by atoms with Gasteiger partial charge in [-0.1, -0.05) is 0 Å². The van der Waals surface area contributed by atoms with Crippen LogP contribution in [0.1, 0.15) is 12.8 Å². The van der Waals surface area contributed by atoms with Crippen molar-refractivity contribution >= 4 is 0 Å². The van der Waals surface area contributed by atoms with Crippen molar-refractivity contribution in [3.05, 3.63) is 0 Å². The first kappa shape index (κ1) is 13.6. The molecule has 0 radical (unpaired) electrons. The Morgan fingerprint density at radius 2 is 1.64 bits per heavy atom. The third kappa shape index (κ3) is 8.18. The van der Waals surface area contributed by atoms with E-state index in [1.807, 2.05) is 0 Å². The van der Waals surface area contributed by atoms with Crippen LogP contribution >= 0.6 is 0 Å². The Morgan fingerprint density at radius 3 is 2.07 bits per heavy atom. The molecule has 0 aliphatic heterocycles. The lowest BCUT2D eigenvalue weighted by molar-refractivity contribution is -0.135. The molecule has 0 aliphatic rings. The highest BCUT2D eigenvalue weighted by Gasteiger charge is 2.28. The summed E-state index contributed by atoms with van der Waals surface area (Å²) in [5.41, 5.74) is 0. The highest BCUT2D eigenvalue weighted by atomic mass is 19.4. The number of hydrogen-bond donors (Lipinski definition) is 2. The molecule has 0 aromatic heterocycles. The first-order valence-corrected chi connectivity index (χ1v) is 4.03. The molecule has 0 heterocycles. The van der Waals surface area contributed by atoms with Gasteiger partial charge in [-0.25, -0.2) is 8.78 Å². The predicted molar refractivity (Wildman–Crippen MR) is 40.2 cm³/mol. The molecule has 0 rings (SSSR count). The minimum atomic E-state index is -4.25. The number of halogens is 5. The summed E-state index contributed by atoms with van der Waals surface area (Å²) < 4.78 is 59.3. The van der Waals surface area contributed by atoms with E-state index in [9.17, 15) is 22.0 Å². The standard InChI is InChI=1S/C7H12F5NO/c8-6(9,5-14)4-13-3-1-2-7(10,11)12/h13-14H,1-5H2. The second-order valence-corrected chi connectivity index (χ2v) is 2.91. The molecule has 0 aliphatic carbocycles. The predicted octanol–water partition coefficient (Wildman–Crippen LogP) is 1.55. The van der Waals surface area contributed by atoms with Crippen LogP contribution in [0.5, 0.6) is 0 Å². The Labute approximate surface area is 78.1 Å². The maximum atomic E-state index is 12.3. The summed E-state index contributed by atoms with van der Waals surface area (Å²) in [6.07, 6.45) is -5.49. The van der Waals surface area contributed by atoms with Gasteiger partial charge in [0.15, 0.2) is 0 Å². The van der Waals surface area contributed by atoms with Crippen molar-refractivity contribution in [1.29, 1.82) is 0 Å². The Bertz CT molecular complexity index is 159. The molecular weight excluding hydrogens is 209 g/mol. The van der Waals surface area contributed by atoms with Crippen LogP contribution in [0.3, 0.4) is 0 Å². The molecule has 0 atom stereocenters. The van der Waals surface area contributed by atoms with Crippen molar-refractivity contribution in [3.8, 4) is 0 Å². The summed E-state index contributed by atoms with van der Waals surface area (Å²) in [7, 11) is 0. The second-order valence-electron chi connectivity index (χ2n) is 2.91. The Kier molecular flexibility index (Phi) is 5.28. The molecule has 0 aromatic carbocycles. The summed E-state index contributed by atoms with van der Waals surface area (Å²) >= 11 is 0. The van der Waals surface area contributed by atoms with E-state index < -0.39 is 31.7 Å². The molecule has 0 spiro atoms. The highest BCUT2D eigenvalue weighted by molar-refractivity contribution is 4.67. The maximum Gasteiger partial charge on any atom is 0.389 e. The molecular formula is C7H12F5NO. The topological polar surface area (TPSA) is 32.3 Å². The molecule has 0 bridgehead atoms. The molecule has 14 heavy (non-hydrogen) atoms. The van der Waals surface area contributed by atoms with Crippen LogP contribution < -0.4 is 5.32 Å². The quantitative estimate of drug-likeness (QED) is 0.526. The van der Waals surface area contributed by atoms with E-state index >= 15 is 0 Å². The number of alkyl halides is 5. The minimum absolute atomic E-state index is 0.144. The van der Waals surface area contributed by atoms with Gasteiger partial charge >= 0.3 is 6.18 Å². The smallest absolute Gasteiger partial charge is 0.389 e. The Morgan fingerprint density at radius 1 is 1.07 bits per heavy atom.